The van der Waals surface area contributed by atoms with Crippen LogP contribution in [0, 0.1) is 0 Å². The zero-order valence-corrected chi connectivity index (χ0v) is 10.9. The standard InChI is InChI=1S/C9H5BrClNS2/c10-7-4-6(11)5-12-9(7)14-8-2-1-3-13-8/h1-5H. The predicted octanol–water partition coefficient (Wildman–Crippen LogP) is 4.71. The summed E-state index contributed by atoms with van der Waals surface area (Å²) in [5, 5.41) is 3.64. The molecule has 0 aromatic carbocycles. The van der Waals surface area contributed by atoms with Gasteiger partial charge in [0.25, 0.3) is 0 Å². The zero-order chi connectivity index (χ0) is 9.97. The molecule has 72 valence electrons. The number of hydrogen-bond acceptors (Lipinski definition) is 3. The van der Waals surface area contributed by atoms with E-state index in [1.807, 2.05) is 17.5 Å². The summed E-state index contributed by atoms with van der Waals surface area (Å²) in [6, 6.07) is 5.94. The van der Waals surface area contributed by atoms with E-state index < -0.39 is 0 Å². The fourth-order valence-corrected chi connectivity index (χ4v) is 3.42. The Labute approximate surface area is 104 Å². The Bertz CT molecular complexity index is 430. The number of thiophene rings is 1. The third-order valence-electron chi connectivity index (χ3n) is 1.47. The Balaban J connectivity index is 2.25. The lowest BCUT2D eigenvalue weighted by Crippen LogP contribution is -1.80. The second kappa shape index (κ2) is 4.66. The summed E-state index contributed by atoms with van der Waals surface area (Å²) in [6.07, 6.45) is 1.66. The molecule has 2 heterocycles. The highest BCUT2D eigenvalue weighted by atomic mass is 79.9. The maximum absolute atomic E-state index is 5.80. The molecule has 2 aromatic heterocycles. The van der Waals surface area contributed by atoms with Gasteiger partial charge in [-0.1, -0.05) is 29.4 Å². The van der Waals surface area contributed by atoms with E-state index in [2.05, 4.69) is 27.0 Å². The molecule has 0 spiro atoms. The van der Waals surface area contributed by atoms with Crippen LogP contribution in [0.5, 0.6) is 0 Å². The summed E-state index contributed by atoms with van der Waals surface area (Å²) in [7, 11) is 0. The highest BCUT2D eigenvalue weighted by molar-refractivity contribution is 9.10. The molecule has 0 atom stereocenters. The lowest BCUT2D eigenvalue weighted by molar-refractivity contribution is 1.11. The molecule has 0 unspecified atom stereocenters. The fraction of sp³-hybridized carbons (Fsp3) is 0. The molecule has 0 fully saturated rings. The smallest absolute Gasteiger partial charge is 0.116 e. The summed E-state index contributed by atoms with van der Waals surface area (Å²) in [4.78, 5) is 4.24. The molecule has 1 nitrogen and oxygen atoms in total. The summed E-state index contributed by atoms with van der Waals surface area (Å²) in [5.74, 6) is 0. The monoisotopic (exact) mass is 305 g/mol. The predicted molar refractivity (Wildman–Crippen MR) is 65.4 cm³/mol. The fourth-order valence-electron chi connectivity index (χ4n) is 0.894. The van der Waals surface area contributed by atoms with Crippen LogP contribution in [0.4, 0.5) is 0 Å². The van der Waals surface area contributed by atoms with E-state index in [4.69, 9.17) is 11.6 Å². The molecule has 2 aromatic rings. The van der Waals surface area contributed by atoms with E-state index >= 15 is 0 Å². The Hall–Kier alpha value is -0.0300. The molecule has 0 saturated carbocycles. The summed E-state index contributed by atoms with van der Waals surface area (Å²) in [6.45, 7) is 0. The van der Waals surface area contributed by atoms with Crippen molar-refractivity contribution in [2.24, 2.45) is 0 Å². The van der Waals surface area contributed by atoms with Crippen molar-refractivity contribution in [3.63, 3.8) is 0 Å². The molecule has 0 aliphatic rings. The molecule has 0 aliphatic heterocycles. The van der Waals surface area contributed by atoms with Gasteiger partial charge in [-0.05, 0) is 33.4 Å². The highest BCUT2D eigenvalue weighted by Crippen LogP contribution is 2.35. The van der Waals surface area contributed by atoms with Crippen LogP contribution in [0.3, 0.4) is 0 Å². The molecule has 2 rings (SSSR count). The number of pyridine rings is 1. The first-order valence-electron chi connectivity index (χ1n) is 3.78. The van der Waals surface area contributed by atoms with Crippen LogP contribution in [0.15, 0.2) is 43.5 Å². The first-order chi connectivity index (χ1) is 6.75. The van der Waals surface area contributed by atoms with Gasteiger partial charge in [0, 0.05) is 6.20 Å². The molecule has 0 aliphatic carbocycles. The average Bonchev–Trinajstić information content (AvgIpc) is 2.62. The van der Waals surface area contributed by atoms with E-state index in [1.54, 1.807) is 29.3 Å². The zero-order valence-electron chi connectivity index (χ0n) is 6.91. The third-order valence-corrected chi connectivity index (χ3v) is 4.60. The molecule has 14 heavy (non-hydrogen) atoms. The molecular weight excluding hydrogens is 302 g/mol. The number of halogens is 2. The quantitative estimate of drug-likeness (QED) is 0.797. The largest absolute Gasteiger partial charge is 0.247 e. The number of hydrogen-bond donors (Lipinski definition) is 0. The van der Waals surface area contributed by atoms with E-state index in [0.717, 1.165) is 9.50 Å². The van der Waals surface area contributed by atoms with Crippen LogP contribution in [-0.2, 0) is 0 Å². The van der Waals surface area contributed by atoms with Crippen LogP contribution >= 0.6 is 50.6 Å². The van der Waals surface area contributed by atoms with Gasteiger partial charge in [-0.15, -0.1) is 11.3 Å². The SMILES string of the molecule is Clc1cnc(Sc2cccs2)c(Br)c1. The van der Waals surface area contributed by atoms with Crippen molar-refractivity contribution in [3.8, 4) is 0 Å². The van der Waals surface area contributed by atoms with Crippen molar-refractivity contribution in [1.82, 2.24) is 4.98 Å². The van der Waals surface area contributed by atoms with Gasteiger partial charge in [0.1, 0.15) is 5.03 Å². The number of nitrogens with zero attached hydrogens (tertiary/aromatic N) is 1. The summed E-state index contributed by atoms with van der Waals surface area (Å²) in [5.41, 5.74) is 0. The van der Waals surface area contributed by atoms with Crippen LogP contribution in [0.1, 0.15) is 0 Å². The summed E-state index contributed by atoms with van der Waals surface area (Å²) < 4.78 is 2.16. The highest BCUT2D eigenvalue weighted by Gasteiger charge is 2.05. The first-order valence-corrected chi connectivity index (χ1v) is 6.65. The Morgan fingerprint density at radius 2 is 2.36 bits per heavy atom. The summed E-state index contributed by atoms with van der Waals surface area (Å²) >= 11 is 12.6. The van der Waals surface area contributed by atoms with Gasteiger partial charge in [-0.3, -0.25) is 0 Å². The third kappa shape index (κ3) is 2.51. The maximum atomic E-state index is 5.80. The second-order valence-electron chi connectivity index (χ2n) is 2.47. The molecule has 5 heteroatoms. The normalized spacial score (nSPS) is 10.4. The van der Waals surface area contributed by atoms with Crippen molar-refractivity contribution < 1.29 is 0 Å². The van der Waals surface area contributed by atoms with Gasteiger partial charge in [0.05, 0.1) is 13.7 Å². The number of rotatable bonds is 2. The van der Waals surface area contributed by atoms with Crippen LogP contribution < -0.4 is 0 Å². The Morgan fingerprint density at radius 3 is 3.00 bits per heavy atom. The van der Waals surface area contributed by atoms with Gasteiger partial charge in [-0.2, -0.15) is 0 Å². The molecule has 0 N–H and O–H groups in total. The van der Waals surface area contributed by atoms with Gasteiger partial charge >= 0.3 is 0 Å². The van der Waals surface area contributed by atoms with E-state index in [1.165, 1.54) is 4.21 Å². The minimum Gasteiger partial charge on any atom is -0.247 e. The van der Waals surface area contributed by atoms with Gasteiger partial charge in [0.2, 0.25) is 0 Å². The van der Waals surface area contributed by atoms with Crippen LogP contribution in [0.2, 0.25) is 5.02 Å². The minimum atomic E-state index is 0.646. The molecular formula is C9H5BrClNS2. The van der Waals surface area contributed by atoms with Crippen molar-refractivity contribution in [2.45, 2.75) is 9.24 Å². The van der Waals surface area contributed by atoms with Gasteiger partial charge in [-0.25, -0.2) is 4.98 Å². The topological polar surface area (TPSA) is 12.9 Å². The lowest BCUT2D eigenvalue weighted by Gasteiger charge is -2.00. The first kappa shape index (κ1) is 10.5. The van der Waals surface area contributed by atoms with Crippen LogP contribution in [-0.4, -0.2) is 4.98 Å². The van der Waals surface area contributed by atoms with Crippen molar-refractivity contribution in [1.29, 1.82) is 0 Å². The molecule has 0 amide bonds. The molecule has 0 bridgehead atoms. The molecule has 0 saturated heterocycles. The second-order valence-corrected chi connectivity index (χ2v) is 6.00. The van der Waals surface area contributed by atoms with E-state index in [9.17, 15) is 0 Å². The van der Waals surface area contributed by atoms with E-state index in [0.29, 0.717) is 5.02 Å². The van der Waals surface area contributed by atoms with E-state index in [-0.39, 0.29) is 0 Å². The Morgan fingerprint density at radius 1 is 1.50 bits per heavy atom. The van der Waals surface area contributed by atoms with Crippen molar-refractivity contribution in [2.75, 3.05) is 0 Å². The van der Waals surface area contributed by atoms with Crippen molar-refractivity contribution >= 4 is 50.6 Å². The lowest BCUT2D eigenvalue weighted by atomic mass is 10.5. The Kier molecular flexibility index (Phi) is 3.49. The maximum Gasteiger partial charge on any atom is 0.116 e. The van der Waals surface area contributed by atoms with Gasteiger partial charge in [0.15, 0.2) is 0 Å². The number of aromatic nitrogens is 1. The van der Waals surface area contributed by atoms with Crippen molar-refractivity contribution in [3.05, 3.63) is 39.3 Å². The molecule has 0 radical (unpaired) electrons. The van der Waals surface area contributed by atoms with Gasteiger partial charge < -0.3 is 0 Å². The average molecular weight is 307 g/mol. The van der Waals surface area contributed by atoms with Crippen LogP contribution in [0.25, 0.3) is 0 Å². The minimum absolute atomic E-state index is 0.646.